The summed E-state index contributed by atoms with van der Waals surface area (Å²) in [5.74, 6) is 0.776. The van der Waals surface area contributed by atoms with Crippen molar-refractivity contribution in [2.24, 2.45) is 0 Å². The van der Waals surface area contributed by atoms with Gasteiger partial charge in [0.25, 0.3) is 0 Å². The maximum absolute atomic E-state index is 6.17. The first-order valence-corrected chi connectivity index (χ1v) is 9.31. The first kappa shape index (κ1) is 17.0. The quantitative estimate of drug-likeness (QED) is 0.352. The molecule has 0 aliphatic carbocycles. The third-order valence-corrected chi connectivity index (χ3v) is 4.93. The summed E-state index contributed by atoms with van der Waals surface area (Å²) in [6.07, 6.45) is 0. The molecule has 0 fully saturated rings. The second-order valence-electron chi connectivity index (χ2n) is 5.95. The molecule has 128 valence electrons. The van der Waals surface area contributed by atoms with Gasteiger partial charge in [-0.1, -0.05) is 58.4 Å². The summed E-state index contributed by atoms with van der Waals surface area (Å²) in [6.45, 7) is 0. The minimum atomic E-state index is 0.233. The maximum Gasteiger partial charge on any atom is 0.224 e. The van der Waals surface area contributed by atoms with Crippen molar-refractivity contribution in [3.8, 4) is 11.1 Å². The number of halogens is 2. The zero-order chi connectivity index (χ0) is 18.1. The van der Waals surface area contributed by atoms with E-state index in [0.29, 0.717) is 0 Å². The van der Waals surface area contributed by atoms with Gasteiger partial charge in [-0.05, 0) is 53.1 Å². The Labute approximate surface area is 165 Å². The summed E-state index contributed by atoms with van der Waals surface area (Å²) in [6, 6.07) is 24.6. The molecule has 0 atom stereocenters. The highest BCUT2D eigenvalue weighted by Gasteiger charge is 2.13. The molecule has 0 spiro atoms. The lowest BCUT2D eigenvalue weighted by Crippen LogP contribution is -2.12. The minimum Gasteiger partial charge on any atom is -0.329 e. The normalized spacial score (nSPS) is 10.9. The molecule has 0 saturated carbocycles. The monoisotopic (exact) mass is 423 g/mol. The lowest BCUT2D eigenvalue weighted by molar-refractivity contribution is 1.11. The highest BCUT2D eigenvalue weighted by molar-refractivity contribution is 9.10. The topological polar surface area (TPSA) is 29.0 Å². The molecule has 0 unspecified atom stereocenters. The van der Waals surface area contributed by atoms with Crippen molar-refractivity contribution < 1.29 is 0 Å². The van der Waals surface area contributed by atoms with Crippen LogP contribution >= 0.6 is 27.5 Å². The molecule has 1 aromatic heterocycles. The van der Waals surface area contributed by atoms with E-state index in [1.165, 1.54) is 5.56 Å². The largest absolute Gasteiger partial charge is 0.329 e. The van der Waals surface area contributed by atoms with Gasteiger partial charge in [-0.3, -0.25) is 0 Å². The lowest BCUT2D eigenvalue weighted by Gasteiger charge is -2.21. The molecule has 0 aliphatic rings. The van der Waals surface area contributed by atoms with Crippen molar-refractivity contribution >= 4 is 49.9 Å². The van der Waals surface area contributed by atoms with Crippen LogP contribution in [0.5, 0.6) is 0 Å². The number of fused-ring (bicyclic) bond motifs is 1. The van der Waals surface area contributed by atoms with Crippen molar-refractivity contribution in [1.82, 2.24) is 9.97 Å². The van der Waals surface area contributed by atoms with Crippen LogP contribution in [-0.4, -0.2) is 17.0 Å². The van der Waals surface area contributed by atoms with Crippen LogP contribution < -0.4 is 4.90 Å². The number of nitrogens with zero attached hydrogens (tertiary/aromatic N) is 3. The molecule has 1 heterocycles. The molecule has 0 saturated heterocycles. The van der Waals surface area contributed by atoms with Crippen molar-refractivity contribution in [3.05, 3.63) is 82.6 Å². The number of rotatable bonds is 3. The molecule has 0 aliphatic heterocycles. The number of benzene rings is 3. The lowest BCUT2D eigenvalue weighted by atomic mass is 10.0. The Kier molecular flexibility index (Phi) is 4.62. The van der Waals surface area contributed by atoms with E-state index >= 15 is 0 Å². The summed E-state index contributed by atoms with van der Waals surface area (Å²) < 4.78 is 0.958. The van der Waals surface area contributed by atoms with Gasteiger partial charge in [0.1, 0.15) is 5.82 Å². The van der Waals surface area contributed by atoms with Crippen LogP contribution in [0.2, 0.25) is 5.28 Å². The molecule has 26 heavy (non-hydrogen) atoms. The van der Waals surface area contributed by atoms with Crippen LogP contribution in [0.4, 0.5) is 11.5 Å². The van der Waals surface area contributed by atoms with Crippen LogP contribution in [0.1, 0.15) is 0 Å². The van der Waals surface area contributed by atoms with E-state index in [4.69, 9.17) is 11.6 Å². The van der Waals surface area contributed by atoms with Gasteiger partial charge in [0.15, 0.2) is 0 Å². The fraction of sp³-hybridized carbons (Fsp3) is 0.0476. The maximum atomic E-state index is 6.17. The number of anilines is 2. The summed E-state index contributed by atoms with van der Waals surface area (Å²) in [5.41, 5.74) is 4.17. The Balaban J connectivity index is 1.81. The van der Waals surface area contributed by atoms with E-state index in [1.807, 2.05) is 48.3 Å². The molecule has 3 aromatic carbocycles. The SMILES string of the molecule is CN(c1cccc(-c2ccccc2)c1)c1nc(Cl)nc2cc(Br)ccc12. The van der Waals surface area contributed by atoms with Gasteiger partial charge in [-0.15, -0.1) is 0 Å². The molecule has 0 N–H and O–H groups in total. The Bertz CT molecular complexity index is 1080. The molecular formula is C21H15BrClN3. The summed E-state index contributed by atoms with van der Waals surface area (Å²) >= 11 is 9.65. The fourth-order valence-corrected chi connectivity index (χ4v) is 3.48. The van der Waals surface area contributed by atoms with E-state index in [-0.39, 0.29) is 5.28 Å². The molecule has 3 nitrogen and oxygen atoms in total. The van der Waals surface area contributed by atoms with Gasteiger partial charge in [0.05, 0.1) is 5.52 Å². The fourth-order valence-electron chi connectivity index (χ4n) is 2.96. The molecule has 0 amide bonds. The average molecular weight is 425 g/mol. The first-order chi connectivity index (χ1) is 12.6. The Hall–Kier alpha value is -2.43. The molecule has 0 radical (unpaired) electrons. The van der Waals surface area contributed by atoms with Crippen molar-refractivity contribution in [2.45, 2.75) is 0 Å². The van der Waals surface area contributed by atoms with E-state index in [9.17, 15) is 0 Å². The van der Waals surface area contributed by atoms with Gasteiger partial charge in [-0.25, -0.2) is 4.98 Å². The molecule has 0 bridgehead atoms. The highest BCUT2D eigenvalue weighted by Crippen LogP contribution is 2.33. The molecule has 4 aromatic rings. The predicted octanol–water partition coefficient (Wildman–Crippen LogP) is 6.48. The Morgan fingerprint density at radius 3 is 2.42 bits per heavy atom. The summed E-state index contributed by atoms with van der Waals surface area (Å²) in [7, 11) is 1.99. The second-order valence-corrected chi connectivity index (χ2v) is 7.21. The summed E-state index contributed by atoms with van der Waals surface area (Å²) in [5, 5.41) is 1.18. The zero-order valence-corrected chi connectivity index (χ0v) is 16.4. The first-order valence-electron chi connectivity index (χ1n) is 8.14. The number of hydrogen-bond donors (Lipinski definition) is 0. The van der Waals surface area contributed by atoms with E-state index in [2.05, 4.69) is 62.3 Å². The van der Waals surface area contributed by atoms with Gasteiger partial charge >= 0.3 is 0 Å². The van der Waals surface area contributed by atoms with Crippen LogP contribution in [0.25, 0.3) is 22.0 Å². The van der Waals surface area contributed by atoms with Crippen LogP contribution in [0.3, 0.4) is 0 Å². The van der Waals surface area contributed by atoms with Crippen LogP contribution in [-0.2, 0) is 0 Å². The standard InChI is InChI=1S/C21H15BrClN3/c1-26(17-9-5-8-15(12-17)14-6-3-2-4-7-14)20-18-11-10-16(22)13-19(18)24-21(23)25-20/h2-13H,1H3. The Morgan fingerprint density at radius 2 is 1.62 bits per heavy atom. The van der Waals surface area contributed by atoms with Crippen molar-refractivity contribution in [1.29, 1.82) is 0 Å². The van der Waals surface area contributed by atoms with Gasteiger partial charge < -0.3 is 4.90 Å². The molecular weight excluding hydrogens is 410 g/mol. The smallest absolute Gasteiger partial charge is 0.224 e. The van der Waals surface area contributed by atoms with E-state index in [1.54, 1.807) is 0 Å². The molecule has 5 heteroatoms. The summed E-state index contributed by atoms with van der Waals surface area (Å²) in [4.78, 5) is 10.8. The van der Waals surface area contributed by atoms with Crippen LogP contribution in [0, 0.1) is 0 Å². The second kappa shape index (κ2) is 7.06. The third kappa shape index (κ3) is 3.30. The van der Waals surface area contributed by atoms with Crippen molar-refractivity contribution in [2.75, 3.05) is 11.9 Å². The van der Waals surface area contributed by atoms with Gasteiger partial charge in [0, 0.05) is 22.6 Å². The third-order valence-electron chi connectivity index (χ3n) is 4.27. The highest BCUT2D eigenvalue weighted by atomic mass is 79.9. The van der Waals surface area contributed by atoms with E-state index in [0.717, 1.165) is 32.4 Å². The average Bonchev–Trinajstić information content (AvgIpc) is 2.67. The number of hydrogen-bond acceptors (Lipinski definition) is 3. The Morgan fingerprint density at radius 1 is 0.846 bits per heavy atom. The van der Waals surface area contributed by atoms with Crippen LogP contribution in [0.15, 0.2) is 77.3 Å². The van der Waals surface area contributed by atoms with E-state index < -0.39 is 0 Å². The number of aromatic nitrogens is 2. The zero-order valence-electron chi connectivity index (χ0n) is 14.0. The van der Waals surface area contributed by atoms with Gasteiger partial charge in [0.2, 0.25) is 5.28 Å². The predicted molar refractivity (Wildman–Crippen MR) is 112 cm³/mol. The van der Waals surface area contributed by atoms with Crippen molar-refractivity contribution in [3.63, 3.8) is 0 Å². The van der Waals surface area contributed by atoms with Gasteiger partial charge in [-0.2, -0.15) is 4.98 Å². The molecule has 4 rings (SSSR count). The minimum absolute atomic E-state index is 0.233.